The Bertz CT molecular complexity index is 573. The van der Waals surface area contributed by atoms with Crippen LogP contribution in [0.4, 0.5) is 0 Å². The molecule has 0 radical (unpaired) electrons. The maximum Gasteiger partial charge on any atom is 0.252 e. The maximum atomic E-state index is 12.5. The van der Waals surface area contributed by atoms with Gasteiger partial charge in [-0.3, -0.25) is 0 Å². The van der Waals surface area contributed by atoms with Crippen LogP contribution in [0.25, 0.3) is 0 Å². The zero-order valence-electron chi connectivity index (χ0n) is 10.9. The molecule has 0 amide bonds. The Balaban J connectivity index is 1.66. The molecule has 0 atom stereocenters. The predicted molar refractivity (Wildman–Crippen MR) is 85.0 cm³/mol. The summed E-state index contributed by atoms with van der Waals surface area (Å²) >= 11 is 10.4. The molecule has 2 aliphatic rings. The number of halogens is 2. The van der Waals surface area contributed by atoms with Crippen LogP contribution in [0.1, 0.15) is 12.8 Å². The topological polar surface area (TPSA) is 40.6 Å². The predicted octanol–water partition coefficient (Wildman–Crippen LogP) is 2.88. The molecule has 1 aliphatic carbocycles. The molecule has 0 bridgehead atoms. The molecule has 2 heterocycles. The number of hydrogen-bond donors (Lipinski definition) is 0. The van der Waals surface area contributed by atoms with E-state index in [0.717, 1.165) is 25.6 Å². The van der Waals surface area contributed by atoms with E-state index in [1.165, 1.54) is 30.2 Å². The second-order valence-electron chi connectivity index (χ2n) is 5.34. The summed E-state index contributed by atoms with van der Waals surface area (Å²) in [6.45, 7) is 3.93. The number of sulfonamides is 1. The summed E-state index contributed by atoms with van der Waals surface area (Å²) in [6.07, 6.45) is 2.67. The van der Waals surface area contributed by atoms with Crippen molar-refractivity contribution in [1.82, 2.24) is 9.21 Å². The maximum absolute atomic E-state index is 12.5. The van der Waals surface area contributed by atoms with Gasteiger partial charge in [0.2, 0.25) is 0 Å². The van der Waals surface area contributed by atoms with Crippen molar-refractivity contribution in [3.63, 3.8) is 0 Å². The van der Waals surface area contributed by atoms with E-state index < -0.39 is 10.0 Å². The highest BCUT2D eigenvalue weighted by atomic mass is 79.9. The largest absolute Gasteiger partial charge is 0.300 e. The molecule has 1 saturated heterocycles. The van der Waals surface area contributed by atoms with Crippen molar-refractivity contribution < 1.29 is 8.42 Å². The van der Waals surface area contributed by atoms with E-state index in [9.17, 15) is 8.42 Å². The van der Waals surface area contributed by atoms with Crippen LogP contribution in [0.5, 0.6) is 0 Å². The van der Waals surface area contributed by atoms with Gasteiger partial charge in [0, 0.05) is 32.7 Å². The number of rotatable bonds is 4. The van der Waals surface area contributed by atoms with Crippen LogP contribution in [0.3, 0.4) is 0 Å². The first kappa shape index (κ1) is 15.2. The van der Waals surface area contributed by atoms with Gasteiger partial charge < -0.3 is 4.90 Å². The first-order chi connectivity index (χ1) is 9.46. The molecule has 1 aromatic rings. The normalized spacial score (nSPS) is 22.3. The average Bonchev–Trinajstić information content (AvgIpc) is 3.15. The second kappa shape index (κ2) is 5.85. The fourth-order valence-corrected chi connectivity index (χ4v) is 6.37. The van der Waals surface area contributed by atoms with E-state index in [0.29, 0.717) is 26.1 Å². The van der Waals surface area contributed by atoms with Crippen LogP contribution in [0.15, 0.2) is 14.1 Å². The van der Waals surface area contributed by atoms with Gasteiger partial charge in [0.25, 0.3) is 10.0 Å². The van der Waals surface area contributed by atoms with Crippen LogP contribution in [-0.2, 0) is 10.0 Å². The lowest BCUT2D eigenvalue weighted by molar-refractivity contribution is 0.182. The summed E-state index contributed by atoms with van der Waals surface area (Å²) in [6, 6.07) is 1.53. The highest BCUT2D eigenvalue weighted by Crippen LogP contribution is 2.36. The Morgan fingerprint density at radius 2 is 1.95 bits per heavy atom. The van der Waals surface area contributed by atoms with Crippen molar-refractivity contribution in [2.75, 3.05) is 32.7 Å². The van der Waals surface area contributed by atoms with Crippen molar-refractivity contribution >= 4 is 48.9 Å². The van der Waals surface area contributed by atoms with E-state index in [1.54, 1.807) is 4.31 Å². The van der Waals surface area contributed by atoms with E-state index in [-0.39, 0.29) is 0 Å². The highest BCUT2D eigenvalue weighted by molar-refractivity contribution is 9.11. The minimum atomic E-state index is -3.39. The number of hydrogen-bond acceptors (Lipinski definition) is 4. The average molecular weight is 400 g/mol. The summed E-state index contributed by atoms with van der Waals surface area (Å²) in [5.41, 5.74) is 0. The second-order valence-corrected chi connectivity index (χ2v) is 10.3. The molecular weight excluding hydrogens is 384 g/mol. The van der Waals surface area contributed by atoms with Crippen LogP contribution in [0.2, 0.25) is 5.02 Å². The third kappa shape index (κ3) is 3.23. The fraction of sp³-hybridized carbons (Fsp3) is 0.667. The molecule has 0 spiro atoms. The molecule has 1 saturated carbocycles. The standard InChI is InChI=1S/C12H16BrClN2O2S2/c13-12-10(14)7-11(19-12)20(17,18)16-5-3-15(4-6-16)8-9-1-2-9/h7,9H,1-6,8H2. The van der Waals surface area contributed by atoms with Crippen LogP contribution >= 0.6 is 38.9 Å². The van der Waals surface area contributed by atoms with Gasteiger partial charge in [0.05, 0.1) is 8.81 Å². The van der Waals surface area contributed by atoms with Gasteiger partial charge in [0.15, 0.2) is 0 Å². The first-order valence-corrected chi connectivity index (χ1v) is 10.1. The quantitative estimate of drug-likeness (QED) is 0.781. The van der Waals surface area contributed by atoms with Crippen molar-refractivity contribution in [3.8, 4) is 0 Å². The molecule has 3 rings (SSSR count). The SMILES string of the molecule is O=S(=O)(c1cc(Cl)c(Br)s1)N1CCN(CC2CC2)CC1. The van der Waals surface area contributed by atoms with Gasteiger partial charge in [0.1, 0.15) is 4.21 Å². The monoisotopic (exact) mass is 398 g/mol. The zero-order valence-corrected chi connectivity index (χ0v) is 14.9. The molecule has 8 heteroatoms. The molecule has 1 aromatic heterocycles. The van der Waals surface area contributed by atoms with Gasteiger partial charge in [-0.15, -0.1) is 11.3 Å². The van der Waals surface area contributed by atoms with Crippen LogP contribution < -0.4 is 0 Å². The lowest BCUT2D eigenvalue weighted by Gasteiger charge is -2.33. The van der Waals surface area contributed by atoms with Gasteiger partial charge >= 0.3 is 0 Å². The minimum Gasteiger partial charge on any atom is -0.300 e. The molecule has 20 heavy (non-hydrogen) atoms. The molecule has 0 unspecified atom stereocenters. The summed E-state index contributed by atoms with van der Waals surface area (Å²) in [7, 11) is -3.39. The van der Waals surface area contributed by atoms with Crippen molar-refractivity contribution in [3.05, 3.63) is 14.9 Å². The van der Waals surface area contributed by atoms with Crippen molar-refractivity contribution in [2.45, 2.75) is 17.1 Å². The van der Waals surface area contributed by atoms with E-state index in [1.807, 2.05) is 0 Å². The van der Waals surface area contributed by atoms with Gasteiger partial charge in [-0.2, -0.15) is 4.31 Å². The van der Waals surface area contributed by atoms with Crippen molar-refractivity contribution in [2.24, 2.45) is 5.92 Å². The van der Waals surface area contributed by atoms with Gasteiger partial charge in [-0.25, -0.2) is 8.42 Å². The third-order valence-electron chi connectivity index (χ3n) is 3.76. The van der Waals surface area contributed by atoms with E-state index in [2.05, 4.69) is 20.8 Å². The molecule has 112 valence electrons. The summed E-state index contributed by atoms with van der Waals surface area (Å²) < 4.78 is 27.6. The number of thiophene rings is 1. The minimum absolute atomic E-state index is 0.324. The molecule has 2 fully saturated rings. The Morgan fingerprint density at radius 3 is 2.45 bits per heavy atom. The lowest BCUT2D eigenvalue weighted by atomic mass is 10.3. The lowest BCUT2D eigenvalue weighted by Crippen LogP contribution is -2.48. The highest BCUT2D eigenvalue weighted by Gasteiger charge is 2.32. The summed E-state index contributed by atoms with van der Waals surface area (Å²) in [4.78, 5) is 2.38. The molecule has 1 aliphatic heterocycles. The van der Waals surface area contributed by atoms with Gasteiger partial charge in [-0.05, 0) is 40.8 Å². The third-order valence-corrected chi connectivity index (χ3v) is 8.58. The molecule has 0 aromatic carbocycles. The molecular formula is C12H16BrClN2O2S2. The zero-order chi connectivity index (χ0) is 14.3. The Kier molecular flexibility index (Phi) is 4.46. The van der Waals surface area contributed by atoms with E-state index in [4.69, 9.17) is 11.6 Å². The van der Waals surface area contributed by atoms with Gasteiger partial charge in [-0.1, -0.05) is 11.6 Å². The Hall–Kier alpha value is 0.340. The fourth-order valence-electron chi connectivity index (χ4n) is 2.40. The van der Waals surface area contributed by atoms with Crippen LogP contribution in [0, 0.1) is 5.92 Å². The first-order valence-electron chi connectivity index (χ1n) is 6.64. The van der Waals surface area contributed by atoms with Crippen LogP contribution in [-0.4, -0.2) is 50.3 Å². The molecule has 4 nitrogen and oxygen atoms in total. The summed E-state index contributed by atoms with van der Waals surface area (Å²) in [5, 5.41) is 0.459. The summed E-state index contributed by atoms with van der Waals surface area (Å²) in [5.74, 6) is 0.852. The molecule has 0 N–H and O–H groups in total. The van der Waals surface area contributed by atoms with Crippen molar-refractivity contribution in [1.29, 1.82) is 0 Å². The smallest absolute Gasteiger partial charge is 0.252 e. The van der Waals surface area contributed by atoms with E-state index >= 15 is 0 Å². The number of nitrogens with zero attached hydrogens (tertiary/aromatic N) is 2. The Labute approximate surface area is 136 Å². The Morgan fingerprint density at radius 1 is 1.30 bits per heavy atom. The number of piperazine rings is 1.